The number of alkyl halides is 2. The van der Waals surface area contributed by atoms with Gasteiger partial charge in [0.25, 0.3) is 0 Å². The topological polar surface area (TPSA) is 129 Å². The van der Waals surface area contributed by atoms with Gasteiger partial charge in [0.05, 0.1) is 11.4 Å². The zero-order valence-electron chi connectivity index (χ0n) is 46.2. The molecule has 0 bridgehead atoms. The van der Waals surface area contributed by atoms with Crippen molar-refractivity contribution in [2.75, 3.05) is 31.5 Å². The molecule has 0 spiro atoms. The van der Waals surface area contributed by atoms with Crippen molar-refractivity contribution in [3.8, 4) is 0 Å². The maximum atomic E-state index is 14.4. The molecule has 10 nitrogen and oxygen atoms in total. The van der Waals surface area contributed by atoms with Crippen LogP contribution in [0.4, 0.5) is 4.79 Å². The molecule has 0 unspecified atom stereocenters. The Kier molecular flexibility index (Phi) is 21.7. The maximum Gasteiger partial charge on any atom is 0.408 e. The van der Waals surface area contributed by atoms with Gasteiger partial charge in [-0.3, -0.25) is 9.59 Å². The van der Waals surface area contributed by atoms with Crippen LogP contribution in [0, 0.1) is 0 Å². The summed E-state index contributed by atoms with van der Waals surface area (Å²) in [5, 5.41) is 15.5. The van der Waals surface area contributed by atoms with Crippen molar-refractivity contribution in [2.24, 2.45) is 5.73 Å². The Balaban J connectivity index is 0.000000203. The van der Waals surface area contributed by atoms with Crippen molar-refractivity contribution in [3.05, 3.63) is 240 Å². The number of nitrogens with zero attached hydrogens (tertiary/aromatic N) is 2. The number of ether oxygens (including phenoxy) is 1. The van der Waals surface area contributed by atoms with Crippen LogP contribution in [-0.2, 0) is 52.9 Å². The van der Waals surface area contributed by atoms with Gasteiger partial charge in [0, 0.05) is 56.8 Å². The van der Waals surface area contributed by atoms with Crippen LogP contribution in [0.1, 0.15) is 54.2 Å². The first-order chi connectivity index (χ1) is 38.8. The summed E-state index contributed by atoms with van der Waals surface area (Å²) in [5.41, 5.74) is 12.8. The standard InChI is InChI=1S/C36H41N3O3.C31H33N3O.CH2Cl2/c1-36(2,3)42-35(41)38-33(23-27-14-8-5-9-15-27)34(40)39-25-31(37-24-32(39)22-26-12-6-4-7-13-26)21-28-18-19-29-16-10-11-17-30(29)20-28;32-30(20-24-11-5-2-6-12-24)31(35)34-22-28(33-21-29(34)19-23-9-3-1-4-10-23)18-25-15-16-26-13-7-8-14-27(26)17-25;2-1-3/h4-20,31-33,37H,21-25H2,1-3H3,(H,38,41);1-17,28-30,33H,18-22,32H2;1H2/t31-,32+,33-;28-,29+,30-;/m11./s1. The Morgan fingerprint density at radius 1 is 0.512 bits per heavy atom. The van der Waals surface area contributed by atoms with E-state index in [1.807, 2.05) is 116 Å². The second-order valence-corrected chi connectivity index (χ2v) is 22.7. The quantitative estimate of drug-likeness (QED) is 0.0753. The minimum atomic E-state index is -0.750. The third kappa shape index (κ3) is 17.7. The minimum absolute atomic E-state index is 0.0415. The zero-order chi connectivity index (χ0) is 56.3. The van der Waals surface area contributed by atoms with E-state index < -0.39 is 23.8 Å². The highest BCUT2D eigenvalue weighted by Crippen LogP contribution is 2.24. The highest BCUT2D eigenvalue weighted by molar-refractivity contribution is 6.40. The summed E-state index contributed by atoms with van der Waals surface area (Å²) in [6, 6.07) is 69.6. The lowest BCUT2D eigenvalue weighted by atomic mass is 9.95. The van der Waals surface area contributed by atoms with E-state index in [1.54, 1.807) is 0 Å². The molecule has 2 heterocycles. The van der Waals surface area contributed by atoms with Crippen molar-refractivity contribution >= 4 is 62.7 Å². The predicted octanol–water partition coefficient (Wildman–Crippen LogP) is 11.7. The molecule has 8 aromatic rings. The van der Waals surface area contributed by atoms with Gasteiger partial charge in [-0.15, -0.1) is 23.2 Å². The molecule has 416 valence electrons. The third-order valence-electron chi connectivity index (χ3n) is 14.7. The average molecular weight is 1110 g/mol. The van der Waals surface area contributed by atoms with Crippen LogP contribution in [0.25, 0.3) is 21.5 Å². The van der Waals surface area contributed by atoms with Crippen LogP contribution in [-0.4, -0.2) is 101 Å². The van der Waals surface area contributed by atoms with Gasteiger partial charge < -0.3 is 36.2 Å². The summed E-state index contributed by atoms with van der Waals surface area (Å²) in [6.45, 7) is 8.11. The second kappa shape index (κ2) is 29.4. The molecule has 8 aromatic carbocycles. The number of alkyl carbamates (subject to hydrolysis) is 1. The van der Waals surface area contributed by atoms with Crippen molar-refractivity contribution in [2.45, 2.75) is 101 Å². The molecule has 6 atom stereocenters. The van der Waals surface area contributed by atoms with Crippen LogP contribution in [0.2, 0.25) is 0 Å². The molecule has 5 N–H and O–H groups in total. The van der Waals surface area contributed by atoms with E-state index in [1.165, 1.54) is 43.8 Å². The Bertz CT molecular complexity index is 3200. The number of carbonyl (C=O) groups is 3. The Labute approximate surface area is 483 Å². The van der Waals surface area contributed by atoms with Crippen LogP contribution in [0.5, 0.6) is 0 Å². The van der Waals surface area contributed by atoms with Crippen molar-refractivity contribution in [1.29, 1.82) is 0 Å². The predicted molar refractivity (Wildman–Crippen MR) is 328 cm³/mol. The molecule has 80 heavy (non-hydrogen) atoms. The third-order valence-corrected chi connectivity index (χ3v) is 14.7. The fourth-order valence-electron chi connectivity index (χ4n) is 10.8. The molecule has 2 aliphatic heterocycles. The number of piperazine rings is 2. The summed E-state index contributed by atoms with van der Waals surface area (Å²) < 4.78 is 5.57. The lowest BCUT2D eigenvalue weighted by molar-refractivity contribution is -0.137. The minimum Gasteiger partial charge on any atom is -0.444 e. The van der Waals surface area contributed by atoms with Gasteiger partial charge in [-0.05, 0) is 108 Å². The molecule has 0 saturated carbocycles. The zero-order valence-corrected chi connectivity index (χ0v) is 47.7. The van der Waals surface area contributed by atoms with E-state index in [-0.39, 0.29) is 41.3 Å². The van der Waals surface area contributed by atoms with Crippen molar-refractivity contribution < 1.29 is 19.1 Å². The second-order valence-electron chi connectivity index (χ2n) is 21.9. The fourth-order valence-corrected chi connectivity index (χ4v) is 10.8. The first-order valence-electron chi connectivity index (χ1n) is 27.9. The van der Waals surface area contributed by atoms with Gasteiger partial charge >= 0.3 is 6.09 Å². The van der Waals surface area contributed by atoms with Crippen LogP contribution < -0.4 is 21.7 Å². The summed E-state index contributed by atoms with van der Waals surface area (Å²) >= 11 is 9.53. The number of rotatable bonds is 15. The fraction of sp³-hybridized carbons (Fsp3) is 0.309. The van der Waals surface area contributed by atoms with E-state index in [0.29, 0.717) is 32.5 Å². The molecular formula is C68H76Cl2N6O4. The summed E-state index contributed by atoms with van der Waals surface area (Å²) in [5.74, 6) is -0.0459. The molecule has 2 saturated heterocycles. The lowest BCUT2D eigenvalue weighted by Crippen LogP contribution is -2.63. The van der Waals surface area contributed by atoms with Crippen LogP contribution in [0.15, 0.2) is 206 Å². The monoisotopic (exact) mass is 1110 g/mol. The number of hydrogen-bond acceptors (Lipinski definition) is 7. The number of amides is 3. The summed E-state index contributed by atoms with van der Waals surface area (Å²) in [6.07, 6.45) is 3.58. The van der Waals surface area contributed by atoms with E-state index in [4.69, 9.17) is 33.7 Å². The highest BCUT2D eigenvalue weighted by Gasteiger charge is 2.37. The molecule has 0 aliphatic carbocycles. The molecular weight excluding hydrogens is 1040 g/mol. The largest absolute Gasteiger partial charge is 0.444 e. The number of nitrogens with two attached hydrogens (primary N) is 1. The van der Waals surface area contributed by atoms with Crippen molar-refractivity contribution in [3.63, 3.8) is 0 Å². The van der Waals surface area contributed by atoms with Gasteiger partial charge in [-0.1, -0.05) is 206 Å². The van der Waals surface area contributed by atoms with E-state index >= 15 is 0 Å². The SMILES string of the molecule is CC(C)(C)OC(=O)N[C@H](Cc1ccccc1)C(=O)N1C[C@@H](Cc2ccc3ccccc3c2)NC[C@@H]1Cc1ccccc1.ClCCl.N[C@H](Cc1ccccc1)C(=O)N1C[C@@H](Cc2ccc3ccccc3c2)NC[C@@H]1Cc1ccccc1. The molecule has 2 aliphatic rings. The summed E-state index contributed by atoms with van der Waals surface area (Å²) in [4.78, 5) is 45.0. The van der Waals surface area contributed by atoms with Gasteiger partial charge in [-0.2, -0.15) is 0 Å². The van der Waals surface area contributed by atoms with E-state index in [2.05, 4.69) is 137 Å². The maximum absolute atomic E-state index is 14.4. The number of fused-ring (bicyclic) bond motifs is 2. The average Bonchev–Trinajstić information content (AvgIpc) is 3.46. The molecule has 2 fully saturated rings. The van der Waals surface area contributed by atoms with Gasteiger partial charge in [0.15, 0.2) is 0 Å². The number of carbonyl (C=O) groups excluding carboxylic acids is 3. The van der Waals surface area contributed by atoms with Crippen molar-refractivity contribution in [1.82, 2.24) is 25.8 Å². The van der Waals surface area contributed by atoms with E-state index in [9.17, 15) is 14.4 Å². The normalized spacial score (nSPS) is 17.9. The number of halogens is 2. The Morgan fingerprint density at radius 3 is 1.31 bits per heavy atom. The van der Waals surface area contributed by atoms with Gasteiger partial charge in [-0.25, -0.2) is 4.79 Å². The smallest absolute Gasteiger partial charge is 0.408 e. The van der Waals surface area contributed by atoms with Gasteiger partial charge in [0.1, 0.15) is 11.6 Å². The number of nitrogens with one attached hydrogen (secondary N) is 3. The molecule has 10 rings (SSSR count). The molecule has 0 radical (unpaired) electrons. The molecule has 12 heteroatoms. The Morgan fingerprint density at radius 2 is 0.887 bits per heavy atom. The number of benzene rings is 8. The Hall–Kier alpha value is -7.05. The molecule has 0 aromatic heterocycles. The van der Waals surface area contributed by atoms with E-state index in [0.717, 1.165) is 43.4 Å². The first-order valence-corrected chi connectivity index (χ1v) is 28.9. The first kappa shape index (κ1) is 59.1. The summed E-state index contributed by atoms with van der Waals surface area (Å²) in [7, 11) is 0. The van der Waals surface area contributed by atoms with Gasteiger partial charge in [0.2, 0.25) is 11.8 Å². The lowest BCUT2D eigenvalue weighted by Gasteiger charge is -2.42. The highest BCUT2D eigenvalue weighted by atomic mass is 35.5. The van der Waals surface area contributed by atoms with Crippen LogP contribution >= 0.6 is 23.2 Å². The molecule has 3 amide bonds. The number of hydrogen-bond donors (Lipinski definition) is 4. The van der Waals surface area contributed by atoms with Crippen LogP contribution in [0.3, 0.4) is 0 Å².